The Balaban J connectivity index is 1.28. The number of amides is 2. The Labute approximate surface area is 227 Å². The van der Waals surface area contributed by atoms with Crippen molar-refractivity contribution in [1.29, 1.82) is 0 Å². The molecule has 2 amide bonds. The van der Waals surface area contributed by atoms with Gasteiger partial charge in [-0.25, -0.2) is 14.8 Å². The molecule has 8 heteroatoms. The summed E-state index contributed by atoms with van der Waals surface area (Å²) in [6, 6.07) is 14.0. The van der Waals surface area contributed by atoms with Crippen LogP contribution in [-0.4, -0.2) is 40.0 Å². The Bertz CT molecular complexity index is 1360. The zero-order chi connectivity index (χ0) is 26.4. The summed E-state index contributed by atoms with van der Waals surface area (Å²) >= 11 is -0.976. The minimum Gasteiger partial charge on any atom is -0.611 e. The molecular weight excluding hydrogens is 496 g/mol. The van der Waals surface area contributed by atoms with E-state index in [1.165, 1.54) is 18.4 Å². The van der Waals surface area contributed by atoms with Crippen LogP contribution < -0.4 is 15.0 Å². The van der Waals surface area contributed by atoms with E-state index in [1.807, 2.05) is 36.1 Å². The number of methoxy groups -OCH3 is 1. The van der Waals surface area contributed by atoms with Crippen LogP contribution >= 0.6 is 0 Å². The van der Waals surface area contributed by atoms with E-state index in [4.69, 9.17) is 4.74 Å². The van der Waals surface area contributed by atoms with E-state index in [-0.39, 0.29) is 11.4 Å². The predicted molar refractivity (Wildman–Crippen MR) is 149 cm³/mol. The van der Waals surface area contributed by atoms with Gasteiger partial charge in [-0.2, -0.15) is 0 Å². The van der Waals surface area contributed by atoms with E-state index in [2.05, 4.69) is 40.4 Å². The lowest BCUT2D eigenvalue weighted by atomic mass is 9.79. The van der Waals surface area contributed by atoms with Crippen molar-refractivity contribution in [3.8, 4) is 17.0 Å². The summed E-state index contributed by atoms with van der Waals surface area (Å²) in [6.45, 7) is 5.29. The van der Waals surface area contributed by atoms with Gasteiger partial charge in [0.1, 0.15) is 12.1 Å². The van der Waals surface area contributed by atoms with E-state index in [9.17, 15) is 9.35 Å². The van der Waals surface area contributed by atoms with Crippen LogP contribution in [0.2, 0.25) is 0 Å². The third kappa shape index (κ3) is 4.54. The second-order valence-corrected chi connectivity index (χ2v) is 12.6. The highest BCUT2D eigenvalue weighted by atomic mass is 32.2. The number of hydrogen-bond acceptors (Lipinski definition) is 5. The van der Waals surface area contributed by atoms with Gasteiger partial charge in [-0.05, 0) is 90.7 Å². The maximum absolute atomic E-state index is 13.5. The Morgan fingerprint density at radius 1 is 1.16 bits per heavy atom. The third-order valence-corrected chi connectivity index (χ3v) is 9.62. The van der Waals surface area contributed by atoms with E-state index in [0.717, 1.165) is 45.8 Å². The van der Waals surface area contributed by atoms with Crippen molar-refractivity contribution in [3.05, 3.63) is 65.6 Å². The molecule has 0 spiro atoms. The van der Waals surface area contributed by atoms with Gasteiger partial charge in [0.25, 0.3) is 0 Å². The van der Waals surface area contributed by atoms with Gasteiger partial charge in [0, 0.05) is 30.1 Å². The van der Waals surface area contributed by atoms with Crippen molar-refractivity contribution in [3.63, 3.8) is 0 Å². The van der Waals surface area contributed by atoms with E-state index >= 15 is 0 Å². The van der Waals surface area contributed by atoms with Crippen LogP contribution in [-0.2, 0) is 23.1 Å². The number of carbonyl (C=O) groups is 1. The van der Waals surface area contributed by atoms with Crippen molar-refractivity contribution in [2.24, 2.45) is 5.92 Å². The average Bonchev–Trinajstić information content (AvgIpc) is 3.88. The molecule has 0 saturated heterocycles. The third-order valence-electron chi connectivity index (χ3n) is 8.29. The lowest BCUT2D eigenvalue weighted by Crippen LogP contribution is -2.42. The number of urea groups is 1. The van der Waals surface area contributed by atoms with Crippen molar-refractivity contribution in [1.82, 2.24) is 15.3 Å². The normalized spacial score (nSPS) is 21.2. The summed E-state index contributed by atoms with van der Waals surface area (Å²) in [4.78, 5) is 25.2. The lowest BCUT2D eigenvalue weighted by Gasteiger charge is -2.26. The van der Waals surface area contributed by atoms with Gasteiger partial charge < -0.3 is 14.6 Å². The number of nitrogens with zero attached hydrogens (tertiary/aromatic N) is 3. The van der Waals surface area contributed by atoms with Crippen LogP contribution in [0.5, 0.6) is 5.88 Å². The van der Waals surface area contributed by atoms with Gasteiger partial charge in [-0.3, -0.25) is 4.90 Å². The maximum atomic E-state index is 13.5. The van der Waals surface area contributed by atoms with Gasteiger partial charge in [-0.1, -0.05) is 25.1 Å². The predicted octanol–water partition coefficient (Wildman–Crippen LogP) is 5.55. The number of rotatable bonds is 8. The molecule has 3 aromatic rings. The van der Waals surface area contributed by atoms with Gasteiger partial charge >= 0.3 is 6.03 Å². The highest BCUT2D eigenvalue weighted by Crippen LogP contribution is 2.55. The van der Waals surface area contributed by atoms with Crippen LogP contribution in [0.4, 0.5) is 10.5 Å². The van der Waals surface area contributed by atoms with Crippen LogP contribution in [0.15, 0.2) is 53.7 Å². The number of benzene rings is 2. The minimum absolute atomic E-state index is 0.0936. The fourth-order valence-electron chi connectivity index (χ4n) is 5.81. The maximum Gasteiger partial charge on any atom is 0.322 e. The van der Waals surface area contributed by atoms with Gasteiger partial charge in [-0.15, -0.1) is 0 Å². The Hall–Kier alpha value is -3.10. The first-order chi connectivity index (χ1) is 18.4. The molecule has 1 unspecified atom stereocenters. The molecule has 7 nitrogen and oxygen atoms in total. The molecule has 6 rings (SSSR count). The van der Waals surface area contributed by atoms with Crippen molar-refractivity contribution >= 4 is 22.9 Å². The molecular formula is C30H34N4O3S. The highest BCUT2D eigenvalue weighted by Gasteiger charge is 2.50. The first kappa shape index (κ1) is 25.2. The molecule has 0 radical (unpaired) electrons. The van der Waals surface area contributed by atoms with Gasteiger partial charge in [0.2, 0.25) is 5.88 Å². The molecule has 2 fully saturated rings. The summed E-state index contributed by atoms with van der Waals surface area (Å²) < 4.78 is 17.7. The second kappa shape index (κ2) is 9.89. The SMILES string of the molecule is CC[S+]([O-])c1ccc(CNC(=O)N2C[C@@](C)(C3CC3)c3cc(-c4c(OC)ncnc4C4CC4)ccc32)cc1. The number of nitrogens with one attached hydrogen (secondary N) is 1. The highest BCUT2D eigenvalue weighted by molar-refractivity contribution is 7.91. The Morgan fingerprint density at radius 2 is 1.92 bits per heavy atom. The molecule has 1 aliphatic heterocycles. The van der Waals surface area contributed by atoms with Crippen molar-refractivity contribution in [2.45, 2.75) is 62.3 Å². The first-order valence-electron chi connectivity index (χ1n) is 13.5. The first-order valence-corrected chi connectivity index (χ1v) is 14.8. The van der Waals surface area contributed by atoms with Crippen LogP contribution in [0.25, 0.3) is 11.1 Å². The van der Waals surface area contributed by atoms with E-state index in [0.29, 0.717) is 36.6 Å². The molecule has 2 heterocycles. The molecule has 0 bridgehead atoms. The van der Waals surface area contributed by atoms with Crippen LogP contribution in [0, 0.1) is 5.92 Å². The molecule has 1 N–H and O–H groups in total. The Kier molecular flexibility index (Phi) is 6.56. The molecule has 2 aromatic carbocycles. The number of fused-ring (bicyclic) bond motifs is 1. The van der Waals surface area contributed by atoms with Crippen LogP contribution in [0.3, 0.4) is 0 Å². The summed E-state index contributed by atoms with van der Waals surface area (Å²) in [7, 11) is 1.66. The fraction of sp³-hybridized carbons (Fsp3) is 0.433. The number of aromatic nitrogens is 2. The molecule has 3 aliphatic rings. The summed E-state index contributed by atoms with van der Waals surface area (Å²) in [5.74, 6) is 2.23. The monoisotopic (exact) mass is 530 g/mol. The smallest absolute Gasteiger partial charge is 0.322 e. The largest absolute Gasteiger partial charge is 0.611 e. The average molecular weight is 531 g/mol. The number of hydrogen-bond donors (Lipinski definition) is 1. The molecule has 2 aliphatic carbocycles. The minimum atomic E-state index is -0.976. The van der Waals surface area contributed by atoms with Gasteiger partial charge in [0.15, 0.2) is 4.90 Å². The zero-order valence-electron chi connectivity index (χ0n) is 22.2. The van der Waals surface area contributed by atoms with Crippen molar-refractivity contribution in [2.75, 3.05) is 24.3 Å². The van der Waals surface area contributed by atoms with Crippen LogP contribution in [0.1, 0.15) is 62.3 Å². The molecule has 38 heavy (non-hydrogen) atoms. The fourth-order valence-corrected chi connectivity index (χ4v) is 6.58. The molecule has 2 saturated carbocycles. The van der Waals surface area contributed by atoms with E-state index < -0.39 is 11.2 Å². The Morgan fingerprint density at radius 3 is 2.58 bits per heavy atom. The van der Waals surface area contributed by atoms with E-state index in [1.54, 1.807) is 13.4 Å². The number of carbonyl (C=O) groups excluding carboxylic acids is 1. The topological polar surface area (TPSA) is 90.4 Å². The standard InChI is InChI=1S/C30H34N4O3S/c1-4-38(36)23-12-5-19(6-13-23)16-31-29(35)34-17-30(2,22-10-11-22)24-15-21(9-14-25(24)34)26-27(20-7-8-20)32-18-33-28(26)37-3/h5-6,9,12-15,18,20,22H,4,7-8,10-11,16-17H2,1-3H3,(H,31,35)/t30-,38?/m0/s1. The lowest BCUT2D eigenvalue weighted by molar-refractivity contribution is 0.244. The number of anilines is 1. The quantitative estimate of drug-likeness (QED) is 0.386. The summed E-state index contributed by atoms with van der Waals surface area (Å²) in [5, 5.41) is 3.11. The molecule has 1 aromatic heterocycles. The second-order valence-electron chi connectivity index (χ2n) is 10.9. The molecule has 2 atom stereocenters. The van der Waals surface area contributed by atoms with Crippen molar-refractivity contribution < 1.29 is 14.1 Å². The summed E-state index contributed by atoms with van der Waals surface area (Å²) in [5.41, 5.74) is 6.17. The molecule has 198 valence electrons. The summed E-state index contributed by atoms with van der Waals surface area (Å²) in [6.07, 6.45) is 6.26. The number of ether oxygens (including phenoxy) is 1. The zero-order valence-corrected chi connectivity index (χ0v) is 23.0. The van der Waals surface area contributed by atoms with Gasteiger partial charge in [0.05, 0.1) is 18.4 Å².